The van der Waals surface area contributed by atoms with Crippen molar-refractivity contribution in [2.45, 2.75) is 44.2 Å². The van der Waals surface area contributed by atoms with Crippen LogP contribution in [0.25, 0.3) is 0 Å². The lowest BCUT2D eigenvalue weighted by Gasteiger charge is -2.27. The van der Waals surface area contributed by atoms with Gasteiger partial charge in [0, 0.05) is 43.3 Å². The average molecular weight is 380 g/mol. The van der Waals surface area contributed by atoms with Crippen molar-refractivity contribution >= 4 is 29.9 Å². The number of halogens is 1. The second kappa shape index (κ2) is 8.27. The van der Waals surface area contributed by atoms with Gasteiger partial charge in [-0.05, 0) is 44.4 Å². The van der Waals surface area contributed by atoms with Gasteiger partial charge in [-0.2, -0.15) is 0 Å². The van der Waals surface area contributed by atoms with Crippen LogP contribution in [0.2, 0.25) is 0 Å². The largest absolute Gasteiger partial charge is 0.484 e. The van der Waals surface area contributed by atoms with Crippen LogP contribution in [0.4, 0.5) is 5.69 Å². The molecule has 0 saturated carbocycles. The zero-order valence-electron chi connectivity index (χ0n) is 14.9. The molecule has 3 aliphatic heterocycles. The van der Waals surface area contributed by atoms with E-state index in [1.807, 2.05) is 29.2 Å². The third kappa shape index (κ3) is 3.81. The second-order valence-corrected chi connectivity index (χ2v) is 7.11. The molecule has 0 radical (unpaired) electrons. The van der Waals surface area contributed by atoms with Gasteiger partial charge in [-0.1, -0.05) is 6.07 Å². The fourth-order valence-corrected chi connectivity index (χ4v) is 4.27. The van der Waals surface area contributed by atoms with Crippen molar-refractivity contribution in [3.05, 3.63) is 24.3 Å². The maximum atomic E-state index is 12.7. The van der Waals surface area contributed by atoms with E-state index in [4.69, 9.17) is 4.74 Å². The predicted molar refractivity (Wildman–Crippen MR) is 102 cm³/mol. The molecule has 142 valence electrons. The van der Waals surface area contributed by atoms with Crippen LogP contribution in [-0.4, -0.2) is 55.0 Å². The Bertz CT molecular complexity index is 655. The minimum Gasteiger partial charge on any atom is -0.484 e. The minimum atomic E-state index is 0. The summed E-state index contributed by atoms with van der Waals surface area (Å²) in [6.45, 7) is 2.68. The third-order valence-corrected chi connectivity index (χ3v) is 5.51. The van der Waals surface area contributed by atoms with Gasteiger partial charge in [-0.3, -0.25) is 9.59 Å². The molecule has 2 bridgehead atoms. The average Bonchev–Trinajstić information content (AvgIpc) is 3.15. The van der Waals surface area contributed by atoms with E-state index >= 15 is 0 Å². The standard InChI is InChI=1S/C19H25N3O3.ClH/c23-18-5-2-10-21(18)15-3-1-4-17(11-15)25-13-19(24)22-14-6-7-16(22)12-20-9-8-14;/h1,3-4,11,14,16,20H,2,5-10,12-13H2;1H. The van der Waals surface area contributed by atoms with E-state index in [1.54, 1.807) is 4.90 Å². The van der Waals surface area contributed by atoms with Crippen molar-refractivity contribution in [3.8, 4) is 5.75 Å². The summed E-state index contributed by atoms with van der Waals surface area (Å²) >= 11 is 0. The number of carbonyl (C=O) groups is 2. The van der Waals surface area contributed by atoms with E-state index in [0.29, 0.717) is 24.3 Å². The number of anilines is 1. The van der Waals surface area contributed by atoms with Crippen LogP contribution in [-0.2, 0) is 9.59 Å². The Labute approximate surface area is 160 Å². The highest BCUT2D eigenvalue weighted by Crippen LogP contribution is 2.29. The molecule has 26 heavy (non-hydrogen) atoms. The van der Waals surface area contributed by atoms with E-state index in [-0.39, 0.29) is 30.8 Å². The van der Waals surface area contributed by atoms with Gasteiger partial charge in [-0.25, -0.2) is 0 Å². The van der Waals surface area contributed by atoms with Crippen LogP contribution in [0.3, 0.4) is 0 Å². The van der Waals surface area contributed by atoms with Gasteiger partial charge in [0.25, 0.3) is 5.91 Å². The first-order chi connectivity index (χ1) is 12.2. The second-order valence-electron chi connectivity index (χ2n) is 7.11. The van der Waals surface area contributed by atoms with Gasteiger partial charge in [0.05, 0.1) is 0 Å². The first-order valence-electron chi connectivity index (χ1n) is 9.27. The monoisotopic (exact) mass is 379 g/mol. The number of nitrogens with zero attached hydrogens (tertiary/aromatic N) is 2. The fraction of sp³-hybridized carbons (Fsp3) is 0.579. The summed E-state index contributed by atoms with van der Waals surface area (Å²) in [4.78, 5) is 28.4. The molecule has 4 rings (SSSR count). The Morgan fingerprint density at radius 1 is 1.23 bits per heavy atom. The molecule has 1 aromatic rings. The topological polar surface area (TPSA) is 61.9 Å². The Kier molecular flexibility index (Phi) is 6.04. The SMILES string of the molecule is Cl.O=C1CCCN1c1cccc(OCC(=O)N2C3CCNCC2CC3)c1. The van der Waals surface area contributed by atoms with Gasteiger partial charge in [0.1, 0.15) is 5.75 Å². The molecule has 3 aliphatic rings. The summed E-state index contributed by atoms with van der Waals surface area (Å²) in [6, 6.07) is 8.14. The molecule has 2 amide bonds. The molecule has 7 heteroatoms. The summed E-state index contributed by atoms with van der Waals surface area (Å²) in [6.07, 6.45) is 4.71. The molecular formula is C19H26ClN3O3. The Balaban J connectivity index is 0.00000196. The fourth-order valence-electron chi connectivity index (χ4n) is 4.27. The Morgan fingerprint density at radius 2 is 2.08 bits per heavy atom. The number of hydrogen-bond donors (Lipinski definition) is 1. The number of ether oxygens (including phenoxy) is 1. The quantitative estimate of drug-likeness (QED) is 0.868. The molecule has 0 aliphatic carbocycles. The predicted octanol–water partition coefficient (Wildman–Crippen LogP) is 1.97. The van der Waals surface area contributed by atoms with Crippen molar-refractivity contribution < 1.29 is 14.3 Å². The van der Waals surface area contributed by atoms with Crippen LogP contribution >= 0.6 is 12.4 Å². The van der Waals surface area contributed by atoms with Crippen LogP contribution in [0.15, 0.2) is 24.3 Å². The zero-order valence-corrected chi connectivity index (χ0v) is 15.7. The van der Waals surface area contributed by atoms with Gasteiger partial charge >= 0.3 is 0 Å². The molecule has 0 spiro atoms. The Hall–Kier alpha value is -1.79. The maximum absolute atomic E-state index is 12.7. The number of rotatable bonds is 4. The number of benzene rings is 1. The maximum Gasteiger partial charge on any atom is 0.261 e. The van der Waals surface area contributed by atoms with Gasteiger partial charge < -0.3 is 19.9 Å². The first kappa shape index (κ1) is 19.0. The molecule has 1 N–H and O–H groups in total. The Morgan fingerprint density at radius 3 is 2.88 bits per heavy atom. The molecule has 0 aromatic heterocycles. The normalized spacial score (nSPS) is 25.0. The van der Waals surface area contributed by atoms with E-state index < -0.39 is 0 Å². The lowest BCUT2D eigenvalue weighted by Crippen LogP contribution is -2.44. The molecule has 2 atom stereocenters. The summed E-state index contributed by atoms with van der Waals surface area (Å²) in [5, 5.41) is 3.41. The summed E-state index contributed by atoms with van der Waals surface area (Å²) < 4.78 is 5.77. The van der Waals surface area contributed by atoms with Gasteiger partial charge in [0.15, 0.2) is 6.61 Å². The summed E-state index contributed by atoms with van der Waals surface area (Å²) in [5.41, 5.74) is 0.853. The van der Waals surface area contributed by atoms with Crippen LogP contribution < -0.4 is 15.0 Å². The minimum absolute atomic E-state index is 0. The number of nitrogens with one attached hydrogen (secondary N) is 1. The van der Waals surface area contributed by atoms with Crippen LogP contribution in [0, 0.1) is 0 Å². The molecule has 1 aromatic carbocycles. The molecule has 2 unspecified atom stereocenters. The molecule has 6 nitrogen and oxygen atoms in total. The van der Waals surface area contributed by atoms with E-state index in [9.17, 15) is 9.59 Å². The highest BCUT2D eigenvalue weighted by molar-refractivity contribution is 5.95. The number of hydrogen-bond acceptors (Lipinski definition) is 4. The van der Waals surface area contributed by atoms with Crippen LogP contribution in [0.1, 0.15) is 32.1 Å². The number of fused-ring (bicyclic) bond motifs is 2. The van der Waals surface area contributed by atoms with E-state index in [1.165, 1.54) is 0 Å². The first-order valence-corrected chi connectivity index (χ1v) is 9.27. The lowest BCUT2D eigenvalue weighted by atomic mass is 10.1. The lowest BCUT2D eigenvalue weighted by molar-refractivity contribution is -0.136. The van der Waals surface area contributed by atoms with E-state index in [0.717, 1.165) is 51.0 Å². The molecule has 3 saturated heterocycles. The molecular weight excluding hydrogens is 354 g/mol. The molecule has 3 fully saturated rings. The highest BCUT2D eigenvalue weighted by atomic mass is 35.5. The van der Waals surface area contributed by atoms with Crippen molar-refractivity contribution in [2.24, 2.45) is 0 Å². The zero-order chi connectivity index (χ0) is 17.2. The smallest absolute Gasteiger partial charge is 0.261 e. The van der Waals surface area contributed by atoms with E-state index in [2.05, 4.69) is 5.32 Å². The number of carbonyl (C=O) groups excluding carboxylic acids is 2. The van der Waals surface area contributed by atoms with Gasteiger partial charge in [0.2, 0.25) is 5.91 Å². The van der Waals surface area contributed by atoms with Crippen molar-refractivity contribution in [3.63, 3.8) is 0 Å². The van der Waals surface area contributed by atoms with Gasteiger partial charge in [-0.15, -0.1) is 12.4 Å². The number of amides is 2. The molecule has 3 heterocycles. The summed E-state index contributed by atoms with van der Waals surface area (Å²) in [5.74, 6) is 0.867. The highest BCUT2D eigenvalue weighted by Gasteiger charge is 2.37. The van der Waals surface area contributed by atoms with Crippen LogP contribution in [0.5, 0.6) is 5.75 Å². The summed E-state index contributed by atoms with van der Waals surface area (Å²) in [7, 11) is 0. The van der Waals surface area contributed by atoms with Crippen molar-refractivity contribution in [2.75, 3.05) is 31.1 Å². The van der Waals surface area contributed by atoms with Crippen molar-refractivity contribution in [1.29, 1.82) is 0 Å². The van der Waals surface area contributed by atoms with Crippen molar-refractivity contribution in [1.82, 2.24) is 10.2 Å². The third-order valence-electron chi connectivity index (χ3n) is 5.51.